The molecule has 8 heteroatoms. The molecule has 0 spiro atoms. The van der Waals surface area contributed by atoms with Gasteiger partial charge in [0.1, 0.15) is 42.9 Å². The summed E-state index contributed by atoms with van der Waals surface area (Å²) in [6.07, 6.45) is -4.55. The summed E-state index contributed by atoms with van der Waals surface area (Å²) >= 11 is 6.35. The van der Waals surface area contributed by atoms with E-state index >= 15 is 0 Å². The van der Waals surface area contributed by atoms with Crippen molar-refractivity contribution >= 4 is 11.6 Å². The molecule has 186 valence electrons. The number of halogens is 1. The number of hydrogen-bond donors (Lipinski definition) is 5. The summed E-state index contributed by atoms with van der Waals surface area (Å²) in [7, 11) is 0. The second-order valence-corrected chi connectivity index (χ2v) is 8.13. The van der Waals surface area contributed by atoms with Gasteiger partial charge in [-0.2, -0.15) is 0 Å². The zero-order chi connectivity index (χ0) is 25.1. The Morgan fingerprint density at radius 1 is 0.941 bits per heavy atom. The van der Waals surface area contributed by atoms with Crippen molar-refractivity contribution in [3.05, 3.63) is 64.2 Å². The first-order chi connectivity index (χ1) is 16.4. The molecular weight excluding hydrogens is 460 g/mol. The zero-order valence-corrected chi connectivity index (χ0v) is 20.2. The lowest BCUT2D eigenvalue weighted by Crippen LogP contribution is -2.55. The molecule has 0 amide bonds. The number of benzene rings is 2. The maximum Gasteiger partial charge on any atom is 0.119 e. The molecule has 1 aliphatic rings. The molecule has 2 aromatic rings. The van der Waals surface area contributed by atoms with E-state index in [4.69, 9.17) is 26.2 Å². The van der Waals surface area contributed by atoms with Gasteiger partial charge in [0.25, 0.3) is 0 Å². The number of aliphatic hydroxyl groups excluding tert-OH is 5. The lowest BCUT2D eigenvalue weighted by Gasteiger charge is -2.40. The maximum atomic E-state index is 10.3. The fourth-order valence-electron chi connectivity index (χ4n) is 3.56. The van der Waals surface area contributed by atoms with Crippen molar-refractivity contribution < 1.29 is 35.0 Å². The molecule has 0 radical (unpaired) electrons. The van der Waals surface area contributed by atoms with Gasteiger partial charge in [-0.25, -0.2) is 0 Å². The smallest absolute Gasteiger partial charge is 0.119 e. The Balaban J connectivity index is 0.000000604. The molecular formula is C26H33ClO7. The molecule has 0 aromatic heterocycles. The van der Waals surface area contributed by atoms with E-state index in [1.807, 2.05) is 44.2 Å². The quantitative estimate of drug-likeness (QED) is 0.392. The van der Waals surface area contributed by atoms with Gasteiger partial charge in [0.2, 0.25) is 0 Å². The predicted octanol–water partition coefficient (Wildman–Crippen LogP) is 2.24. The van der Waals surface area contributed by atoms with E-state index in [2.05, 4.69) is 11.8 Å². The summed E-state index contributed by atoms with van der Waals surface area (Å²) in [6, 6.07) is 12.9. The summed E-state index contributed by atoms with van der Waals surface area (Å²) in [6.45, 7) is 4.01. The van der Waals surface area contributed by atoms with Crippen LogP contribution >= 0.6 is 11.6 Å². The van der Waals surface area contributed by atoms with Crippen molar-refractivity contribution in [2.24, 2.45) is 0 Å². The van der Waals surface area contributed by atoms with E-state index < -0.39 is 37.1 Å². The topological polar surface area (TPSA) is 120 Å². The van der Waals surface area contributed by atoms with Gasteiger partial charge < -0.3 is 35.0 Å². The molecule has 5 atom stereocenters. The molecule has 0 aliphatic carbocycles. The third-order valence-corrected chi connectivity index (χ3v) is 5.67. The van der Waals surface area contributed by atoms with E-state index in [0.717, 1.165) is 23.3 Å². The van der Waals surface area contributed by atoms with Gasteiger partial charge >= 0.3 is 0 Å². The van der Waals surface area contributed by atoms with Crippen LogP contribution in [0.25, 0.3) is 0 Å². The molecule has 34 heavy (non-hydrogen) atoms. The van der Waals surface area contributed by atoms with Gasteiger partial charge in [-0.3, -0.25) is 0 Å². The standard InChI is InChI=1S/C21H25ClO6.C5H8O/c1-2-27-15-6-3-12(4-7-15)9-14-10-13(5-8-16(14)22)21-20(26)19(25)18(24)17(11-23)28-21;1-2-3-4-5-6/h3-8,10,17-21,23-26H,2,9,11H2,1H3;6H,2,5H2,1H3/t17-,18-,19+,20-,21+;/m1./s1. The summed E-state index contributed by atoms with van der Waals surface area (Å²) in [5, 5.41) is 48.3. The molecule has 2 aromatic carbocycles. The highest BCUT2D eigenvalue weighted by Crippen LogP contribution is 2.34. The third kappa shape index (κ3) is 7.69. The van der Waals surface area contributed by atoms with Gasteiger partial charge in [-0.1, -0.05) is 48.7 Å². The minimum atomic E-state index is -1.42. The number of ether oxygens (including phenoxy) is 2. The van der Waals surface area contributed by atoms with Crippen LogP contribution in [0.4, 0.5) is 0 Å². The van der Waals surface area contributed by atoms with Crippen LogP contribution in [-0.2, 0) is 11.2 Å². The predicted molar refractivity (Wildman–Crippen MR) is 130 cm³/mol. The number of hydrogen-bond acceptors (Lipinski definition) is 7. The average Bonchev–Trinajstić information content (AvgIpc) is 2.85. The first kappa shape index (κ1) is 28.1. The fourth-order valence-corrected chi connectivity index (χ4v) is 3.74. The van der Waals surface area contributed by atoms with Gasteiger partial charge in [0.15, 0.2) is 0 Å². The summed E-state index contributed by atoms with van der Waals surface area (Å²) in [5.74, 6) is 6.00. The lowest BCUT2D eigenvalue weighted by atomic mass is 9.90. The molecule has 3 rings (SSSR count). The molecule has 1 fully saturated rings. The van der Waals surface area contributed by atoms with Crippen LogP contribution in [0, 0.1) is 11.8 Å². The largest absolute Gasteiger partial charge is 0.494 e. The first-order valence-corrected chi connectivity index (χ1v) is 11.6. The van der Waals surface area contributed by atoms with Gasteiger partial charge in [-0.05, 0) is 48.2 Å². The van der Waals surface area contributed by atoms with Crippen molar-refractivity contribution in [1.82, 2.24) is 0 Å². The minimum absolute atomic E-state index is 0.00611. The van der Waals surface area contributed by atoms with Crippen molar-refractivity contribution in [2.75, 3.05) is 19.8 Å². The molecule has 7 nitrogen and oxygen atoms in total. The van der Waals surface area contributed by atoms with Crippen LogP contribution in [0.1, 0.15) is 43.1 Å². The third-order valence-electron chi connectivity index (χ3n) is 5.30. The van der Waals surface area contributed by atoms with E-state index in [-0.39, 0.29) is 6.61 Å². The summed E-state index contributed by atoms with van der Waals surface area (Å²) < 4.78 is 11.1. The Labute approximate surface area is 205 Å². The Morgan fingerprint density at radius 2 is 1.65 bits per heavy atom. The molecule has 1 heterocycles. The average molecular weight is 493 g/mol. The zero-order valence-electron chi connectivity index (χ0n) is 19.4. The highest BCUT2D eigenvalue weighted by molar-refractivity contribution is 6.31. The Kier molecular flexibility index (Phi) is 11.8. The molecule has 0 unspecified atom stereocenters. The molecule has 1 aliphatic heterocycles. The van der Waals surface area contributed by atoms with E-state index in [9.17, 15) is 20.4 Å². The second kappa shape index (κ2) is 14.3. The fraction of sp³-hybridized carbons (Fsp3) is 0.462. The van der Waals surface area contributed by atoms with Gasteiger partial charge in [0.05, 0.1) is 13.2 Å². The van der Waals surface area contributed by atoms with Crippen LogP contribution in [0.15, 0.2) is 42.5 Å². The van der Waals surface area contributed by atoms with Gasteiger partial charge in [-0.15, -0.1) is 5.92 Å². The van der Waals surface area contributed by atoms with E-state index in [1.54, 1.807) is 12.1 Å². The number of rotatable bonds is 6. The van der Waals surface area contributed by atoms with Crippen LogP contribution in [0.2, 0.25) is 5.02 Å². The summed E-state index contributed by atoms with van der Waals surface area (Å²) in [5.41, 5.74) is 2.49. The van der Waals surface area contributed by atoms with Crippen molar-refractivity contribution in [1.29, 1.82) is 0 Å². The monoisotopic (exact) mass is 492 g/mol. The molecule has 0 bridgehead atoms. The van der Waals surface area contributed by atoms with Gasteiger partial charge in [0, 0.05) is 11.4 Å². The van der Waals surface area contributed by atoms with Crippen molar-refractivity contribution in [2.45, 2.75) is 57.2 Å². The van der Waals surface area contributed by atoms with Crippen LogP contribution < -0.4 is 4.74 Å². The molecule has 0 saturated carbocycles. The van der Waals surface area contributed by atoms with Crippen molar-refractivity contribution in [3.63, 3.8) is 0 Å². The van der Waals surface area contributed by atoms with Crippen LogP contribution in [0.5, 0.6) is 5.75 Å². The first-order valence-electron chi connectivity index (χ1n) is 11.2. The Bertz CT molecular complexity index is 928. The van der Waals surface area contributed by atoms with Crippen molar-refractivity contribution in [3.8, 4) is 17.6 Å². The SMILES string of the molecule is CCC#CCO.CCOc1ccc(Cc2cc([C@@H]3O[C@H](CO)[C@@H](O)[C@H](O)[C@H]3O)ccc2Cl)cc1. The second-order valence-electron chi connectivity index (χ2n) is 7.72. The normalized spacial score (nSPS) is 23.8. The molecule has 1 saturated heterocycles. The lowest BCUT2D eigenvalue weighted by molar-refractivity contribution is -0.231. The highest BCUT2D eigenvalue weighted by atomic mass is 35.5. The highest BCUT2D eigenvalue weighted by Gasteiger charge is 2.44. The Hall–Kier alpha value is -2.15. The Morgan fingerprint density at radius 3 is 2.21 bits per heavy atom. The summed E-state index contributed by atoms with van der Waals surface area (Å²) in [4.78, 5) is 0. The molecule has 5 N–H and O–H groups in total. The number of aliphatic hydroxyl groups is 5. The minimum Gasteiger partial charge on any atom is -0.494 e. The van der Waals surface area contributed by atoms with E-state index in [1.165, 1.54) is 0 Å². The van der Waals surface area contributed by atoms with E-state index in [0.29, 0.717) is 23.6 Å². The van der Waals surface area contributed by atoms with Crippen LogP contribution in [0.3, 0.4) is 0 Å². The maximum absolute atomic E-state index is 10.3. The van der Waals surface area contributed by atoms with Crippen LogP contribution in [-0.4, -0.2) is 69.8 Å².